The lowest BCUT2D eigenvalue weighted by molar-refractivity contribution is 0.0463. The maximum absolute atomic E-state index is 5.54. The Morgan fingerprint density at radius 2 is 0.944 bits per heavy atom. The van der Waals surface area contributed by atoms with E-state index in [-0.39, 0.29) is 0 Å². The van der Waals surface area contributed by atoms with Gasteiger partial charge in [0.2, 0.25) is 0 Å². The molecule has 0 spiro atoms. The minimum absolute atomic E-state index is 0.697. The summed E-state index contributed by atoms with van der Waals surface area (Å²) < 4.78 is 16.5. The van der Waals surface area contributed by atoms with Crippen LogP contribution < -0.4 is 10.6 Å². The van der Waals surface area contributed by atoms with Crippen LogP contribution in [0.1, 0.15) is 19.3 Å². The predicted molar refractivity (Wildman–Crippen MR) is 72.0 cm³/mol. The van der Waals surface area contributed by atoms with Gasteiger partial charge in [0.25, 0.3) is 0 Å². The molecule has 0 atom stereocenters. The van der Waals surface area contributed by atoms with E-state index in [1.54, 1.807) is 0 Å². The Bertz CT molecular complexity index is 95.3. The van der Waals surface area contributed by atoms with Gasteiger partial charge in [-0.1, -0.05) is 0 Å². The molecule has 0 radical (unpaired) electrons. The summed E-state index contributed by atoms with van der Waals surface area (Å²) in [6.45, 7) is 8.45. The molecule has 1 saturated heterocycles. The summed E-state index contributed by atoms with van der Waals surface area (Å²) in [6.07, 6.45) is 3.42. The van der Waals surface area contributed by atoms with Crippen molar-refractivity contribution >= 4 is 0 Å². The molecule has 0 bridgehead atoms. The Hall–Kier alpha value is -0.200. The smallest absolute Gasteiger partial charge is 0.0701 e. The molecule has 1 fully saturated rings. The highest BCUT2D eigenvalue weighted by Crippen LogP contribution is 1.96. The van der Waals surface area contributed by atoms with Gasteiger partial charge in [-0.05, 0) is 19.3 Å². The third-order valence-electron chi connectivity index (χ3n) is 2.77. The summed E-state index contributed by atoms with van der Waals surface area (Å²) in [5.41, 5.74) is 0. The van der Waals surface area contributed by atoms with Crippen LogP contribution in [0.5, 0.6) is 0 Å². The number of nitrogens with one attached hydrogen (secondary N) is 2. The Morgan fingerprint density at radius 1 is 0.444 bits per heavy atom. The van der Waals surface area contributed by atoms with E-state index in [4.69, 9.17) is 14.2 Å². The third kappa shape index (κ3) is 10.9. The Balaban J connectivity index is 2.00. The fraction of sp³-hybridized carbons (Fsp3) is 1.00. The molecule has 1 aliphatic rings. The first-order valence-corrected chi connectivity index (χ1v) is 7.15. The minimum atomic E-state index is 0.697. The Kier molecular flexibility index (Phi) is 11.7. The monoisotopic (exact) mass is 260 g/mol. The van der Waals surface area contributed by atoms with Crippen molar-refractivity contribution in [3.63, 3.8) is 0 Å². The van der Waals surface area contributed by atoms with Gasteiger partial charge in [0, 0.05) is 39.4 Å². The Labute approximate surface area is 111 Å². The average Bonchev–Trinajstić information content (AvgIpc) is 2.39. The molecule has 0 aromatic heterocycles. The van der Waals surface area contributed by atoms with E-state index in [0.717, 1.165) is 65.4 Å². The number of hydrogen-bond donors (Lipinski definition) is 2. The molecule has 108 valence electrons. The molecule has 1 rings (SSSR count). The lowest BCUT2D eigenvalue weighted by Gasteiger charge is -2.09. The largest absolute Gasteiger partial charge is 0.380 e. The second-order valence-electron chi connectivity index (χ2n) is 4.40. The topological polar surface area (TPSA) is 51.8 Å². The summed E-state index contributed by atoms with van der Waals surface area (Å²) in [6, 6.07) is 0. The molecule has 0 aromatic rings. The lowest BCUT2D eigenvalue weighted by atomic mass is 10.2. The zero-order valence-corrected chi connectivity index (χ0v) is 11.4. The Morgan fingerprint density at radius 3 is 1.56 bits per heavy atom. The van der Waals surface area contributed by atoms with Crippen LogP contribution in [-0.4, -0.2) is 65.8 Å². The lowest BCUT2D eigenvalue weighted by Crippen LogP contribution is -2.31. The molecule has 1 heterocycles. The van der Waals surface area contributed by atoms with Crippen molar-refractivity contribution in [2.75, 3.05) is 65.8 Å². The molecule has 5 nitrogen and oxygen atoms in total. The van der Waals surface area contributed by atoms with Crippen LogP contribution in [0, 0.1) is 0 Å². The van der Waals surface area contributed by atoms with E-state index >= 15 is 0 Å². The van der Waals surface area contributed by atoms with Gasteiger partial charge < -0.3 is 24.8 Å². The van der Waals surface area contributed by atoms with Crippen molar-refractivity contribution in [1.29, 1.82) is 0 Å². The van der Waals surface area contributed by atoms with Crippen molar-refractivity contribution in [3.8, 4) is 0 Å². The molecule has 5 heteroatoms. The van der Waals surface area contributed by atoms with Gasteiger partial charge >= 0.3 is 0 Å². The maximum Gasteiger partial charge on any atom is 0.0701 e. The highest BCUT2D eigenvalue weighted by Gasteiger charge is 1.94. The molecule has 18 heavy (non-hydrogen) atoms. The van der Waals surface area contributed by atoms with Crippen LogP contribution in [0.2, 0.25) is 0 Å². The first kappa shape index (κ1) is 15.9. The minimum Gasteiger partial charge on any atom is -0.380 e. The fourth-order valence-electron chi connectivity index (χ4n) is 1.72. The second-order valence-corrected chi connectivity index (χ2v) is 4.40. The number of ether oxygens (including phenoxy) is 3. The highest BCUT2D eigenvalue weighted by atomic mass is 16.5. The van der Waals surface area contributed by atoms with Gasteiger partial charge in [0.05, 0.1) is 26.4 Å². The van der Waals surface area contributed by atoms with E-state index < -0.39 is 0 Å². The molecule has 0 aromatic carbocycles. The molecule has 0 unspecified atom stereocenters. The van der Waals surface area contributed by atoms with E-state index in [9.17, 15) is 0 Å². The zero-order valence-electron chi connectivity index (χ0n) is 11.4. The van der Waals surface area contributed by atoms with Crippen molar-refractivity contribution < 1.29 is 14.2 Å². The summed E-state index contributed by atoms with van der Waals surface area (Å²) in [7, 11) is 0. The van der Waals surface area contributed by atoms with E-state index in [2.05, 4.69) is 10.6 Å². The van der Waals surface area contributed by atoms with Crippen molar-refractivity contribution in [2.45, 2.75) is 19.3 Å². The van der Waals surface area contributed by atoms with Gasteiger partial charge in [-0.15, -0.1) is 0 Å². The third-order valence-corrected chi connectivity index (χ3v) is 2.77. The summed E-state index contributed by atoms with van der Waals surface area (Å²) >= 11 is 0. The van der Waals surface area contributed by atoms with Crippen LogP contribution in [-0.2, 0) is 14.2 Å². The van der Waals surface area contributed by atoms with Crippen molar-refractivity contribution in [1.82, 2.24) is 10.6 Å². The maximum atomic E-state index is 5.54. The summed E-state index contributed by atoms with van der Waals surface area (Å²) in [4.78, 5) is 0. The second kappa shape index (κ2) is 13.2. The zero-order chi connectivity index (χ0) is 12.7. The van der Waals surface area contributed by atoms with Crippen LogP contribution in [0.3, 0.4) is 0 Å². The number of rotatable bonds is 0. The van der Waals surface area contributed by atoms with Crippen LogP contribution >= 0.6 is 0 Å². The normalized spacial score (nSPS) is 24.0. The fourth-order valence-corrected chi connectivity index (χ4v) is 1.72. The molecular weight excluding hydrogens is 232 g/mol. The molecular formula is C13H28N2O3. The van der Waals surface area contributed by atoms with Crippen molar-refractivity contribution in [2.24, 2.45) is 0 Å². The van der Waals surface area contributed by atoms with Crippen LogP contribution in [0.4, 0.5) is 0 Å². The predicted octanol–water partition coefficient (Wildman–Crippen LogP) is 0.399. The SMILES string of the molecule is C1CCOCCNCCNCCOCCOCC1. The summed E-state index contributed by atoms with van der Waals surface area (Å²) in [5.74, 6) is 0. The highest BCUT2D eigenvalue weighted by molar-refractivity contribution is 4.52. The molecule has 2 N–H and O–H groups in total. The van der Waals surface area contributed by atoms with Crippen LogP contribution in [0.15, 0.2) is 0 Å². The van der Waals surface area contributed by atoms with Gasteiger partial charge in [-0.2, -0.15) is 0 Å². The molecule has 0 amide bonds. The molecule has 1 aliphatic heterocycles. The van der Waals surface area contributed by atoms with Crippen molar-refractivity contribution in [3.05, 3.63) is 0 Å². The van der Waals surface area contributed by atoms with E-state index in [0.29, 0.717) is 13.2 Å². The van der Waals surface area contributed by atoms with Gasteiger partial charge in [-0.25, -0.2) is 0 Å². The molecule has 0 aliphatic carbocycles. The average molecular weight is 260 g/mol. The first-order valence-electron chi connectivity index (χ1n) is 7.15. The summed E-state index contributed by atoms with van der Waals surface area (Å²) in [5, 5.41) is 6.66. The van der Waals surface area contributed by atoms with Gasteiger partial charge in [-0.3, -0.25) is 0 Å². The quantitative estimate of drug-likeness (QED) is 0.660. The van der Waals surface area contributed by atoms with Crippen LogP contribution in [0.25, 0.3) is 0 Å². The van der Waals surface area contributed by atoms with E-state index in [1.165, 1.54) is 6.42 Å². The first-order chi connectivity index (χ1) is 9.00. The van der Waals surface area contributed by atoms with E-state index in [1.807, 2.05) is 0 Å². The van der Waals surface area contributed by atoms with Gasteiger partial charge in [0.15, 0.2) is 0 Å². The molecule has 0 saturated carbocycles. The standard InChI is InChI=1S/C13H28N2O3/c1-2-8-16-10-6-14-4-5-15-7-11-18-13-12-17-9-3-1/h14-15H,1-13H2. The number of hydrogen-bond acceptors (Lipinski definition) is 5. The van der Waals surface area contributed by atoms with Gasteiger partial charge in [0.1, 0.15) is 0 Å².